The molecule has 0 aromatic heterocycles. The van der Waals surface area contributed by atoms with Crippen LogP contribution in [0.25, 0.3) is 0 Å². The third kappa shape index (κ3) is 6.36. The SMILES string of the molecule is Cc1ccc(OCC(O)CN2CCC(C(=O)NCc3ccccc3)CC2)cc1. The Balaban J connectivity index is 1.34. The molecule has 5 nitrogen and oxygen atoms in total. The monoisotopic (exact) mass is 382 g/mol. The highest BCUT2D eigenvalue weighted by molar-refractivity contribution is 5.78. The van der Waals surface area contributed by atoms with E-state index in [4.69, 9.17) is 4.74 Å². The topological polar surface area (TPSA) is 61.8 Å². The number of carbonyl (C=O) groups is 1. The van der Waals surface area contributed by atoms with E-state index in [2.05, 4.69) is 10.2 Å². The number of aryl methyl sites for hydroxylation is 1. The van der Waals surface area contributed by atoms with Crippen LogP contribution in [0.5, 0.6) is 5.75 Å². The Hall–Kier alpha value is -2.37. The number of benzene rings is 2. The van der Waals surface area contributed by atoms with Crippen molar-refractivity contribution in [1.29, 1.82) is 0 Å². The van der Waals surface area contributed by atoms with Crippen molar-refractivity contribution in [2.75, 3.05) is 26.2 Å². The molecule has 1 saturated heterocycles. The normalized spacial score (nSPS) is 16.5. The number of hydrogen-bond acceptors (Lipinski definition) is 4. The first-order valence-corrected chi connectivity index (χ1v) is 10.0. The number of rotatable bonds is 8. The molecule has 1 aliphatic heterocycles. The Labute approximate surface area is 167 Å². The fourth-order valence-corrected chi connectivity index (χ4v) is 3.48. The maximum atomic E-state index is 12.4. The van der Waals surface area contributed by atoms with Gasteiger partial charge in [0.1, 0.15) is 18.5 Å². The molecule has 0 aliphatic carbocycles. The molecule has 1 heterocycles. The van der Waals surface area contributed by atoms with Gasteiger partial charge in [-0.15, -0.1) is 0 Å². The summed E-state index contributed by atoms with van der Waals surface area (Å²) in [7, 11) is 0. The highest BCUT2D eigenvalue weighted by Crippen LogP contribution is 2.18. The maximum Gasteiger partial charge on any atom is 0.223 e. The van der Waals surface area contributed by atoms with Crippen LogP contribution in [0.1, 0.15) is 24.0 Å². The van der Waals surface area contributed by atoms with Gasteiger partial charge in [0.2, 0.25) is 5.91 Å². The summed E-state index contributed by atoms with van der Waals surface area (Å²) >= 11 is 0. The molecule has 1 aliphatic rings. The van der Waals surface area contributed by atoms with Gasteiger partial charge >= 0.3 is 0 Å². The van der Waals surface area contributed by atoms with Crippen LogP contribution in [0.2, 0.25) is 0 Å². The van der Waals surface area contributed by atoms with Crippen molar-refractivity contribution >= 4 is 5.91 Å². The lowest BCUT2D eigenvalue weighted by Crippen LogP contribution is -2.44. The molecule has 5 heteroatoms. The van der Waals surface area contributed by atoms with E-state index in [0.717, 1.165) is 37.2 Å². The van der Waals surface area contributed by atoms with Gasteiger partial charge in [-0.3, -0.25) is 4.79 Å². The quantitative estimate of drug-likeness (QED) is 0.737. The third-order valence-electron chi connectivity index (χ3n) is 5.20. The van der Waals surface area contributed by atoms with Crippen molar-refractivity contribution in [3.63, 3.8) is 0 Å². The van der Waals surface area contributed by atoms with Crippen molar-refractivity contribution < 1.29 is 14.6 Å². The minimum atomic E-state index is -0.537. The first kappa shape index (κ1) is 20.4. The maximum absolute atomic E-state index is 12.4. The standard InChI is InChI=1S/C23H30N2O3/c1-18-7-9-22(10-8-18)28-17-21(26)16-25-13-11-20(12-14-25)23(27)24-15-19-5-3-2-4-6-19/h2-10,20-21,26H,11-17H2,1H3,(H,24,27). The lowest BCUT2D eigenvalue weighted by molar-refractivity contribution is -0.126. The Morgan fingerprint density at radius 3 is 2.50 bits per heavy atom. The number of carbonyl (C=O) groups excluding carboxylic acids is 1. The molecule has 1 fully saturated rings. The summed E-state index contributed by atoms with van der Waals surface area (Å²) in [4.78, 5) is 14.6. The molecular formula is C23H30N2O3. The molecule has 28 heavy (non-hydrogen) atoms. The van der Waals surface area contributed by atoms with Crippen LogP contribution >= 0.6 is 0 Å². The van der Waals surface area contributed by atoms with Crippen molar-refractivity contribution in [2.45, 2.75) is 32.4 Å². The van der Waals surface area contributed by atoms with Crippen molar-refractivity contribution in [1.82, 2.24) is 10.2 Å². The minimum absolute atomic E-state index is 0.0564. The number of nitrogens with one attached hydrogen (secondary N) is 1. The molecule has 1 atom stereocenters. The number of aliphatic hydroxyl groups is 1. The zero-order valence-electron chi connectivity index (χ0n) is 16.5. The van der Waals surface area contributed by atoms with Crippen LogP contribution < -0.4 is 10.1 Å². The summed E-state index contributed by atoms with van der Waals surface area (Å²) in [6.07, 6.45) is 1.11. The highest BCUT2D eigenvalue weighted by Gasteiger charge is 2.25. The van der Waals surface area contributed by atoms with Crippen LogP contribution in [0.15, 0.2) is 54.6 Å². The lowest BCUT2D eigenvalue weighted by atomic mass is 9.95. The van der Waals surface area contributed by atoms with Gasteiger partial charge in [-0.25, -0.2) is 0 Å². The van der Waals surface area contributed by atoms with Crippen molar-refractivity contribution in [2.24, 2.45) is 5.92 Å². The molecular weight excluding hydrogens is 352 g/mol. The van der Waals surface area contributed by atoms with E-state index in [1.54, 1.807) is 0 Å². The second kappa shape index (κ2) is 10.2. The van der Waals surface area contributed by atoms with Gasteiger partial charge in [0.25, 0.3) is 0 Å². The fourth-order valence-electron chi connectivity index (χ4n) is 3.48. The van der Waals surface area contributed by atoms with Gasteiger partial charge in [0, 0.05) is 19.0 Å². The fraction of sp³-hybridized carbons (Fsp3) is 0.435. The molecule has 0 radical (unpaired) electrons. The molecule has 1 unspecified atom stereocenters. The van der Waals surface area contributed by atoms with Gasteiger partial charge in [0.15, 0.2) is 0 Å². The van der Waals surface area contributed by atoms with Gasteiger partial charge in [0.05, 0.1) is 0 Å². The van der Waals surface area contributed by atoms with Crippen LogP contribution in [0.4, 0.5) is 0 Å². The minimum Gasteiger partial charge on any atom is -0.491 e. The lowest BCUT2D eigenvalue weighted by Gasteiger charge is -2.32. The van der Waals surface area contributed by atoms with Crippen molar-refractivity contribution in [3.05, 3.63) is 65.7 Å². The largest absolute Gasteiger partial charge is 0.491 e. The average Bonchev–Trinajstić information content (AvgIpc) is 2.73. The van der Waals surface area contributed by atoms with Gasteiger partial charge < -0.3 is 20.1 Å². The Morgan fingerprint density at radius 2 is 1.82 bits per heavy atom. The number of aliphatic hydroxyl groups excluding tert-OH is 1. The van der Waals surface area contributed by atoms with Crippen LogP contribution in [-0.2, 0) is 11.3 Å². The summed E-state index contributed by atoms with van der Waals surface area (Å²) in [5, 5.41) is 13.3. The molecule has 1 amide bonds. The third-order valence-corrected chi connectivity index (χ3v) is 5.20. The van der Waals surface area contributed by atoms with Gasteiger partial charge in [-0.2, -0.15) is 0 Å². The average molecular weight is 383 g/mol. The van der Waals surface area contributed by atoms with E-state index >= 15 is 0 Å². The number of piperidine rings is 1. The second-order valence-electron chi connectivity index (χ2n) is 7.56. The van der Waals surface area contributed by atoms with Crippen LogP contribution in [0, 0.1) is 12.8 Å². The molecule has 0 saturated carbocycles. The number of likely N-dealkylation sites (tertiary alicyclic amines) is 1. The number of hydrogen-bond donors (Lipinski definition) is 2. The van der Waals surface area contributed by atoms with E-state index in [0.29, 0.717) is 13.1 Å². The Kier molecular flexibility index (Phi) is 7.46. The second-order valence-corrected chi connectivity index (χ2v) is 7.56. The number of β-amino-alcohol motifs (C(OH)–C–C–N with tert-alkyl or cyclic N) is 1. The highest BCUT2D eigenvalue weighted by atomic mass is 16.5. The van der Waals surface area contributed by atoms with E-state index in [9.17, 15) is 9.90 Å². The van der Waals surface area contributed by atoms with E-state index in [1.165, 1.54) is 5.56 Å². The predicted molar refractivity (Wildman–Crippen MR) is 110 cm³/mol. The van der Waals surface area contributed by atoms with Crippen LogP contribution in [0.3, 0.4) is 0 Å². The van der Waals surface area contributed by atoms with E-state index in [1.807, 2.05) is 61.5 Å². The summed E-state index contributed by atoms with van der Waals surface area (Å²) in [5.74, 6) is 0.964. The number of ether oxygens (including phenoxy) is 1. The molecule has 0 spiro atoms. The summed E-state index contributed by atoms with van der Waals surface area (Å²) < 4.78 is 5.66. The van der Waals surface area contributed by atoms with Crippen molar-refractivity contribution in [3.8, 4) is 5.75 Å². The molecule has 3 rings (SSSR count). The first-order valence-electron chi connectivity index (χ1n) is 10.0. The molecule has 2 aromatic carbocycles. The van der Waals surface area contributed by atoms with Gasteiger partial charge in [-0.1, -0.05) is 48.0 Å². The predicted octanol–water partition coefficient (Wildman–Crippen LogP) is 2.76. The van der Waals surface area contributed by atoms with Crippen LogP contribution in [-0.4, -0.2) is 48.3 Å². The molecule has 2 aromatic rings. The zero-order valence-corrected chi connectivity index (χ0v) is 16.5. The Bertz CT molecular complexity index is 725. The summed E-state index contributed by atoms with van der Waals surface area (Å²) in [6.45, 7) is 5.11. The summed E-state index contributed by atoms with van der Waals surface area (Å²) in [5.41, 5.74) is 2.30. The smallest absolute Gasteiger partial charge is 0.223 e. The number of nitrogens with zero attached hydrogens (tertiary/aromatic N) is 1. The molecule has 150 valence electrons. The number of amides is 1. The van der Waals surface area contributed by atoms with Gasteiger partial charge in [-0.05, 0) is 50.6 Å². The molecule has 2 N–H and O–H groups in total. The Morgan fingerprint density at radius 1 is 1.14 bits per heavy atom. The van der Waals surface area contributed by atoms with E-state index in [-0.39, 0.29) is 18.4 Å². The van der Waals surface area contributed by atoms with E-state index < -0.39 is 6.10 Å². The first-order chi connectivity index (χ1) is 13.6. The molecule has 0 bridgehead atoms. The summed E-state index contributed by atoms with van der Waals surface area (Å²) in [6, 6.07) is 17.8. The zero-order chi connectivity index (χ0) is 19.8.